The van der Waals surface area contributed by atoms with Crippen molar-refractivity contribution in [1.82, 2.24) is 19.4 Å². The Hall–Kier alpha value is -2.39. The van der Waals surface area contributed by atoms with Crippen LogP contribution < -0.4 is 4.74 Å². The highest BCUT2D eigenvalue weighted by molar-refractivity contribution is 7.89. The predicted molar refractivity (Wildman–Crippen MR) is 103 cm³/mol. The second-order valence-corrected chi connectivity index (χ2v) is 9.74. The quantitative estimate of drug-likeness (QED) is 0.780. The third kappa shape index (κ3) is 3.29. The number of piperidine rings is 1. The fourth-order valence-electron chi connectivity index (χ4n) is 3.96. The van der Waals surface area contributed by atoms with E-state index in [2.05, 4.69) is 10.2 Å². The number of carbonyl (C=O) groups excluding carboxylic acids is 1. The minimum Gasteiger partial charge on any atom is -0.492 e. The standard InChI is InChI=1S/C19H24N4O4S/c1-14-11-15(21-20-14)18(24)23-9-7-19(8-10-23)12-22(2)28(25,26)17-6-4-3-5-16(17)27-13-19/h3-6,11H,7-10,12-13H2,1-2H3,(H,20,21). The van der Waals surface area contributed by atoms with Crippen LogP contribution >= 0.6 is 0 Å². The Labute approximate surface area is 164 Å². The molecule has 8 nitrogen and oxygen atoms in total. The van der Waals surface area contributed by atoms with Crippen molar-refractivity contribution in [2.45, 2.75) is 24.7 Å². The number of hydrogen-bond acceptors (Lipinski definition) is 5. The lowest BCUT2D eigenvalue weighted by Gasteiger charge is -2.44. The van der Waals surface area contributed by atoms with Crippen molar-refractivity contribution >= 4 is 15.9 Å². The molecule has 9 heteroatoms. The highest BCUT2D eigenvalue weighted by Crippen LogP contribution is 2.38. The summed E-state index contributed by atoms with van der Waals surface area (Å²) in [5.41, 5.74) is 0.930. The molecule has 1 spiro atoms. The van der Waals surface area contributed by atoms with Gasteiger partial charge in [-0.15, -0.1) is 0 Å². The number of sulfonamides is 1. The van der Waals surface area contributed by atoms with Gasteiger partial charge in [-0.05, 0) is 38.0 Å². The maximum atomic E-state index is 12.9. The van der Waals surface area contributed by atoms with Gasteiger partial charge in [0.1, 0.15) is 16.3 Å². The smallest absolute Gasteiger partial charge is 0.274 e. The number of aromatic amines is 1. The fourth-order valence-corrected chi connectivity index (χ4v) is 5.37. The average molecular weight is 404 g/mol. The Kier molecular flexibility index (Phi) is 4.67. The molecule has 0 saturated carbocycles. The maximum absolute atomic E-state index is 12.9. The van der Waals surface area contributed by atoms with E-state index >= 15 is 0 Å². The van der Waals surface area contributed by atoms with Gasteiger partial charge in [0.25, 0.3) is 5.91 Å². The molecule has 0 unspecified atom stereocenters. The van der Waals surface area contributed by atoms with Gasteiger partial charge in [-0.25, -0.2) is 12.7 Å². The molecule has 1 fully saturated rings. The van der Waals surface area contributed by atoms with Crippen molar-refractivity contribution in [1.29, 1.82) is 0 Å². The lowest BCUT2D eigenvalue weighted by Crippen LogP contribution is -2.51. The molecular weight excluding hydrogens is 380 g/mol. The van der Waals surface area contributed by atoms with E-state index in [9.17, 15) is 13.2 Å². The van der Waals surface area contributed by atoms with Crippen LogP contribution in [0.1, 0.15) is 29.0 Å². The largest absolute Gasteiger partial charge is 0.492 e. The van der Waals surface area contributed by atoms with Crippen LogP contribution in [-0.4, -0.2) is 67.0 Å². The molecule has 28 heavy (non-hydrogen) atoms. The number of aryl methyl sites for hydroxylation is 1. The minimum absolute atomic E-state index is 0.0997. The molecule has 0 radical (unpaired) electrons. The minimum atomic E-state index is -3.61. The molecule has 4 rings (SSSR count). The van der Waals surface area contributed by atoms with Gasteiger partial charge in [0.05, 0.1) is 6.61 Å². The van der Waals surface area contributed by atoms with E-state index in [0.717, 1.165) is 5.69 Å². The summed E-state index contributed by atoms with van der Waals surface area (Å²) in [5, 5.41) is 6.84. The Bertz CT molecular complexity index is 993. The molecule has 3 heterocycles. The van der Waals surface area contributed by atoms with E-state index in [1.54, 1.807) is 42.3 Å². The first-order valence-corrected chi connectivity index (χ1v) is 10.7. The summed E-state index contributed by atoms with van der Waals surface area (Å²) in [6.07, 6.45) is 1.34. The Morgan fingerprint density at radius 2 is 1.96 bits per heavy atom. The number of para-hydroxylation sites is 1. The second kappa shape index (κ2) is 6.89. The maximum Gasteiger partial charge on any atom is 0.274 e. The number of ether oxygens (including phenoxy) is 1. The van der Waals surface area contributed by atoms with Crippen LogP contribution in [0.15, 0.2) is 35.2 Å². The summed E-state index contributed by atoms with van der Waals surface area (Å²) in [6.45, 7) is 3.74. The van der Waals surface area contributed by atoms with Gasteiger partial charge in [-0.2, -0.15) is 5.10 Å². The number of H-pyrrole nitrogens is 1. The summed E-state index contributed by atoms with van der Waals surface area (Å²) >= 11 is 0. The molecule has 0 atom stereocenters. The van der Waals surface area contributed by atoms with Crippen LogP contribution in [0, 0.1) is 12.3 Å². The van der Waals surface area contributed by atoms with E-state index in [0.29, 0.717) is 50.5 Å². The molecule has 0 aliphatic carbocycles. The summed E-state index contributed by atoms with van der Waals surface area (Å²) in [6, 6.07) is 8.48. The number of carbonyl (C=O) groups is 1. The topological polar surface area (TPSA) is 95.6 Å². The Balaban J connectivity index is 1.53. The van der Waals surface area contributed by atoms with Crippen LogP contribution in [0.3, 0.4) is 0 Å². The van der Waals surface area contributed by atoms with Gasteiger partial charge >= 0.3 is 0 Å². The molecule has 1 amide bonds. The zero-order valence-corrected chi connectivity index (χ0v) is 16.8. The first kappa shape index (κ1) is 18.9. The monoisotopic (exact) mass is 404 g/mol. The van der Waals surface area contributed by atoms with Gasteiger partial charge in [-0.1, -0.05) is 12.1 Å². The molecular formula is C19H24N4O4S. The van der Waals surface area contributed by atoms with E-state index in [1.165, 1.54) is 4.31 Å². The lowest BCUT2D eigenvalue weighted by molar-refractivity contribution is 0.0321. The molecule has 2 aliphatic heterocycles. The van der Waals surface area contributed by atoms with Gasteiger partial charge in [-0.3, -0.25) is 9.89 Å². The zero-order chi connectivity index (χ0) is 19.9. The summed E-state index contributed by atoms with van der Waals surface area (Å²) in [4.78, 5) is 14.6. The number of likely N-dealkylation sites (tertiary alicyclic amines) is 1. The van der Waals surface area contributed by atoms with Crippen LogP contribution in [0.4, 0.5) is 0 Å². The van der Waals surface area contributed by atoms with Crippen LogP contribution in [0.5, 0.6) is 5.75 Å². The zero-order valence-electron chi connectivity index (χ0n) is 16.0. The van der Waals surface area contributed by atoms with E-state index in [4.69, 9.17) is 4.74 Å². The first-order valence-electron chi connectivity index (χ1n) is 9.30. The molecule has 1 aromatic heterocycles. The van der Waals surface area contributed by atoms with Crippen molar-refractivity contribution in [3.63, 3.8) is 0 Å². The number of fused-ring (bicyclic) bond motifs is 1. The van der Waals surface area contributed by atoms with Crippen LogP contribution in [0.2, 0.25) is 0 Å². The lowest BCUT2D eigenvalue weighted by atomic mass is 9.78. The van der Waals surface area contributed by atoms with Gasteiger partial charge in [0.15, 0.2) is 0 Å². The Morgan fingerprint density at radius 1 is 1.25 bits per heavy atom. The van der Waals surface area contributed by atoms with E-state index in [-0.39, 0.29) is 16.2 Å². The SMILES string of the molecule is Cc1cc(C(=O)N2CCC3(CC2)COc2ccccc2S(=O)(=O)N(C)C3)n[nH]1. The number of nitrogens with zero attached hydrogens (tertiary/aromatic N) is 3. The highest BCUT2D eigenvalue weighted by atomic mass is 32.2. The molecule has 2 aliphatic rings. The van der Waals surface area contributed by atoms with Gasteiger partial charge < -0.3 is 9.64 Å². The third-order valence-corrected chi connectivity index (χ3v) is 7.51. The fraction of sp³-hybridized carbons (Fsp3) is 0.474. The van der Waals surface area contributed by atoms with E-state index in [1.807, 2.05) is 6.92 Å². The predicted octanol–water partition coefficient (Wildman–Crippen LogP) is 1.65. The number of hydrogen-bond donors (Lipinski definition) is 1. The number of benzene rings is 1. The van der Waals surface area contributed by atoms with Gasteiger partial charge in [0.2, 0.25) is 10.0 Å². The number of amides is 1. The highest BCUT2D eigenvalue weighted by Gasteiger charge is 2.42. The average Bonchev–Trinajstić information content (AvgIpc) is 3.12. The molecule has 150 valence electrons. The molecule has 0 bridgehead atoms. The van der Waals surface area contributed by atoms with Crippen molar-refractivity contribution in [2.75, 3.05) is 33.3 Å². The van der Waals surface area contributed by atoms with Crippen LogP contribution in [0.25, 0.3) is 0 Å². The summed E-state index contributed by atoms with van der Waals surface area (Å²) < 4.78 is 33.2. The van der Waals surface area contributed by atoms with Gasteiger partial charge in [0, 0.05) is 37.8 Å². The summed E-state index contributed by atoms with van der Waals surface area (Å²) in [7, 11) is -2.00. The second-order valence-electron chi connectivity index (χ2n) is 7.72. The normalized spacial score (nSPS) is 21.4. The number of nitrogens with one attached hydrogen (secondary N) is 1. The van der Waals surface area contributed by atoms with Crippen molar-refractivity contribution in [3.05, 3.63) is 41.7 Å². The van der Waals surface area contributed by atoms with E-state index < -0.39 is 10.0 Å². The van der Waals surface area contributed by atoms with Crippen molar-refractivity contribution in [2.24, 2.45) is 5.41 Å². The molecule has 2 aromatic rings. The number of rotatable bonds is 1. The number of aromatic nitrogens is 2. The molecule has 1 N–H and O–H groups in total. The van der Waals surface area contributed by atoms with Crippen molar-refractivity contribution < 1.29 is 17.9 Å². The Morgan fingerprint density at radius 3 is 2.64 bits per heavy atom. The molecule has 1 aromatic carbocycles. The first-order chi connectivity index (χ1) is 13.3. The van der Waals surface area contributed by atoms with Crippen LogP contribution in [-0.2, 0) is 10.0 Å². The third-order valence-electron chi connectivity index (χ3n) is 5.67. The molecule has 1 saturated heterocycles. The van der Waals surface area contributed by atoms with Crippen molar-refractivity contribution in [3.8, 4) is 5.75 Å². The summed E-state index contributed by atoms with van der Waals surface area (Å²) in [5.74, 6) is 0.288.